The van der Waals surface area contributed by atoms with Crippen LogP contribution in [0.4, 0.5) is 10.5 Å². The van der Waals surface area contributed by atoms with Crippen LogP contribution >= 0.6 is 0 Å². The standard InChI is InChI=1S/C19H28N2O3/c1-18(2,3)13-7-9-14(10-8-13)21-12-15(24-17(21)23)11-20-16(22)19(4,5)6/h7-10,15H,11-12H2,1-6H3,(H,20,22). The van der Waals surface area contributed by atoms with Gasteiger partial charge in [0.05, 0.1) is 13.1 Å². The summed E-state index contributed by atoms with van der Waals surface area (Å²) in [4.78, 5) is 25.6. The number of carbonyl (C=O) groups excluding carboxylic acids is 2. The maximum absolute atomic E-state index is 12.1. The molecule has 0 aliphatic carbocycles. The zero-order chi connectivity index (χ0) is 18.1. The van der Waals surface area contributed by atoms with Gasteiger partial charge >= 0.3 is 6.09 Å². The zero-order valence-electron chi connectivity index (χ0n) is 15.5. The van der Waals surface area contributed by atoms with E-state index < -0.39 is 5.41 Å². The first kappa shape index (κ1) is 18.3. The van der Waals surface area contributed by atoms with Crippen molar-refractivity contribution in [1.29, 1.82) is 0 Å². The SMILES string of the molecule is CC(C)(C)C(=O)NCC1CN(c2ccc(C(C)(C)C)cc2)C(=O)O1. The lowest BCUT2D eigenvalue weighted by Crippen LogP contribution is -2.40. The Bertz CT molecular complexity index is 609. The summed E-state index contributed by atoms with van der Waals surface area (Å²) in [6.07, 6.45) is -0.695. The molecule has 0 bridgehead atoms. The van der Waals surface area contributed by atoms with Crippen molar-refractivity contribution in [3.8, 4) is 0 Å². The van der Waals surface area contributed by atoms with Gasteiger partial charge in [-0.25, -0.2) is 4.79 Å². The van der Waals surface area contributed by atoms with E-state index in [0.29, 0.717) is 13.1 Å². The predicted molar refractivity (Wildman–Crippen MR) is 95.2 cm³/mol. The van der Waals surface area contributed by atoms with Crippen molar-refractivity contribution >= 4 is 17.7 Å². The second-order valence-electron chi connectivity index (χ2n) is 8.37. The first-order valence-electron chi connectivity index (χ1n) is 8.35. The number of cyclic esters (lactones) is 1. The Hall–Kier alpha value is -2.04. The minimum atomic E-state index is -0.453. The normalized spacial score (nSPS) is 18.5. The quantitative estimate of drug-likeness (QED) is 0.922. The Balaban J connectivity index is 1.99. The maximum atomic E-state index is 12.1. The molecule has 5 nitrogen and oxygen atoms in total. The molecular weight excluding hydrogens is 304 g/mol. The second-order valence-corrected chi connectivity index (χ2v) is 8.37. The van der Waals surface area contributed by atoms with Crippen LogP contribution < -0.4 is 10.2 Å². The first-order valence-corrected chi connectivity index (χ1v) is 8.35. The molecule has 1 heterocycles. The number of rotatable bonds is 3. The van der Waals surface area contributed by atoms with E-state index in [1.54, 1.807) is 4.90 Å². The lowest BCUT2D eigenvalue weighted by molar-refractivity contribution is -0.128. The number of ether oxygens (including phenoxy) is 1. The maximum Gasteiger partial charge on any atom is 0.414 e. The largest absolute Gasteiger partial charge is 0.442 e. The average molecular weight is 332 g/mol. The first-order chi connectivity index (χ1) is 11.0. The molecule has 1 aliphatic heterocycles. The summed E-state index contributed by atoms with van der Waals surface area (Å²) in [5.41, 5.74) is 1.65. The van der Waals surface area contributed by atoms with Gasteiger partial charge < -0.3 is 10.1 Å². The predicted octanol–water partition coefficient (Wildman–Crippen LogP) is 3.47. The van der Waals surface area contributed by atoms with Crippen molar-refractivity contribution in [2.75, 3.05) is 18.0 Å². The number of nitrogens with zero attached hydrogens (tertiary/aromatic N) is 1. The molecule has 0 aromatic heterocycles. The molecule has 1 N–H and O–H groups in total. The second kappa shape index (κ2) is 6.46. The Morgan fingerprint density at radius 1 is 1.17 bits per heavy atom. The van der Waals surface area contributed by atoms with Crippen LogP contribution in [-0.4, -0.2) is 31.2 Å². The summed E-state index contributed by atoms with van der Waals surface area (Å²) in [6, 6.07) is 7.96. The van der Waals surface area contributed by atoms with E-state index in [-0.39, 0.29) is 23.5 Å². The van der Waals surface area contributed by atoms with Gasteiger partial charge in [-0.3, -0.25) is 9.69 Å². The number of amides is 2. The van der Waals surface area contributed by atoms with Gasteiger partial charge in [0, 0.05) is 11.1 Å². The molecule has 1 fully saturated rings. The highest BCUT2D eigenvalue weighted by Gasteiger charge is 2.33. The molecule has 0 saturated carbocycles. The van der Waals surface area contributed by atoms with E-state index in [4.69, 9.17) is 4.74 Å². The van der Waals surface area contributed by atoms with E-state index in [0.717, 1.165) is 5.69 Å². The molecule has 1 aliphatic rings. The lowest BCUT2D eigenvalue weighted by Gasteiger charge is -2.21. The van der Waals surface area contributed by atoms with E-state index in [1.807, 2.05) is 45.0 Å². The van der Waals surface area contributed by atoms with Gasteiger partial charge in [-0.05, 0) is 23.1 Å². The number of anilines is 1. The third-order valence-electron chi connectivity index (χ3n) is 4.09. The summed E-state index contributed by atoms with van der Waals surface area (Å²) in [5, 5.41) is 2.84. The van der Waals surface area contributed by atoms with Gasteiger partial charge in [0.15, 0.2) is 0 Å². The van der Waals surface area contributed by atoms with Gasteiger partial charge in [0.2, 0.25) is 5.91 Å². The minimum Gasteiger partial charge on any atom is -0.442 e. The van der Waals surface area contributed by atoms with Gasteiger partial charge in [-0.1, -0.05) is 53.7 Å². The topological polar surface area (TPSA) is 58.6 Å². The Morgan fingerprint density at radius 3 is 2.25 bits per heavy atom. The van der Waals surface area contributed by atoms with Gasteiger partial charge in [0.25, 0.3) is 0 Å². The molecule has 24 heavy (non-hydrogen) atoms. The van der Waals surface area contributed by atoms with Gasteiger partial charge in [0.1, 0.15) is 6.10 Å². The summed E-state index contributed by atoms with van der Waals surface area (Å²) in [5.74, 6) is -0.0495. The number of hydrogen-bond acceptors (Lipinski definition) is 3. The molecule has 1 aromatic rings. The molecule has 5 heteroatoms. The monoisotopic (exact) mass is 332 g/mol. The molecule has 1 atom stereocenters. The fourth-order valence-electron chi connectivity index (χ4n) is 2.45. The highest BCUT2D eigenvalue weighted by Crippen LogP contribution is 2.27. The average Bonchev–Trinajstić information content (AvgIpc) is 2.84. The van der Waals surface area contributed by atoms with Crippen molar-refractivity contribution in [3.63, 3.8) is 0 Å². The van der Waals surface area contributed by atoms with Crippen molar-refractivity contribution in [2.45, 2.75) is 53.1 Å². The van der Waals surface area contributed by atoms with Crippen LogP contribution in [0.25, 0.3) is 0 Å². The Kier molecular flexibility index (Phi) is 4.92. The molecule has 1 saturated heterocycles. The van der Waals surface area contributed by atoms with Crippen LogP contribution in [0, 0.1) is 5.41 Å². The van der Waals surface area contributed by atoms with Crippen molar-refractivity contribution in [3.05, 3.63) is 29.8 Å². The zero-order valence-corrected chi connectivity index (χ0v) is 15.5. The van der Waals surface area contributed by atoms with Crippen molar-refractivity contribution in [2.24, 2.45) is 5.41 Å². The lowest BCUT2D eigenvalue weighted by atomic mass is 9.87. The molecule has 132 valence electrons. The molecule has 0 spiro atoms. The third kappa shape index (κ3) is 4.28. The third-order valence-corrected chi connectivity index (χ3v) is 4.09. The van der Waals surface area contributed by atoms with E-state index >= 15 is 0 Å². The summed E-state index contributed by atoms with van der Waals surface area (Å²) < 4.78 is 5.36. The smallest absolute Gasteiger partial charge is 0.414 e. The van der Waals surface area contributed by atoms with Crippen LogP contribution in [0.1, 0.15) is 47.1 Å². The van der Waals surface area contributed by atoms with Gasteiger partial charge in [-0.15, -0.1) is 0 Å². The molecule has 2 rings (SSSR count). The fraction of sp³-hybridized carbons (Fsp3) is 0.579. The van der Waals surface area contributed by atoms with Gasteiger partial charge in [-0.2, -0.15) is 0 Å². The van der Waals surface area contributed by atoms with Crippen LogP contribution in [0.3, 0.4) is 0 Å². The highest BCUT2D eigenvalue weighted by atomic mass is 16.6. The molecule has 2 amide bonds. The van der Waals surface area contributed by atoms with Crippen molar-refractivity contribution in [1.82, 2.24) is 5.32 Å². The van der Waals surface area contributed by atoms with Crippen LogP contribution in [0.2, 0.25) is 0 Å². The molecule has 1 aromatic carbocycles. The molecule has 0 radical (unpaired) electrons. The number of hydrogen-bond donors (Lipinski definition) is 1. The van der Waals surface area contributed by atoms with E-state index in [9.17, 15) is 9.59 Å². The Labute approximate surface area is 144 Å². The summed E-state index contributed by atoms with van der Waals surface area (Å²) >= 11 is 0. The number of benzene rings is 1. The van der Waals surface area contributed by atoms with Crippen LogP contribution in [-0.2, 0) is 14.9 Å². The fourth-order valence-corrected chi connectivity index (χ4v) is 2.45. The molecule has 1 unspecified atom stereocenters. The van der Waals surface area contributed by atoms with E-state index in [2.05, 4.69) is 26.1 Å². The Morgan fingerprint density at radius 2 is 1.75 bits per heavy atom. The van der Waals surface area contributed by atoms with Crippen molar-refractivity contribution < 1.29 is 14.3 Å². The van der Waals surface area contributed by atoms with Crippen LogP contribution in [0.5, 0.6) is 0 Å². The summed E-state index contributed by atoms with van der Waals surface area (Å²) in [6.45, 7) is 12.8. The highest BCUT2D eigenvalue weighted by molar-refractivity contribution is 5.90. The number of nitrogens with one attached hydrogen (secondary N) is 1. The van der Waals surface area contributed by atoms with E-state index in [1.165, 1.54) is 5.56 Å². The minimum absolute atomic E-state index is 0.0495. The number of carbonyl (C=O) groups is 2. The summed E-state index contributed by atoms with van der Waals surface area (Å²) in [7, 11) is 0. The molecular formula is C19H28N2O3. The van der Waals surface area contributed by atoms with Crippen LogP contribution in [0.15, 0.2) is 24.3 Å².